The number of aliphatic hydroxyl groups excluding tert-OH is 10. The Morgan fingerprint density at radius 1 is 0.667 bits per heavy atom. The Labute approximate surface area is 388 Å². The average Bonchev–Trinajstić information content (AvgIpc) is 3.33. The highest BCUT2D eigenvalue weighted by Crippen LogP contribution is 2.40. The minimum absolute atomic E-state index is 0.0343. The molecule has 3 aliphatic heterocycles. The lowest BCUT2D eigenvalue weighted by Gasteiger charge is -2.45. The van der Waals surface area contributed by atoms with Gasteiger partial charge in [-0.15, -0.1) is 0 Å². The third kappa shape index (κ3) is 10.5. The highest BCUT2D eigenvalue weighted by Gasteiger charge is 2.52. The predicted molar refractivity (Wildman–Crippen MR) is 227 cm³/mol. The Bertz CT molecular complexity index is 2490. The van der Waals surface area contributed by atoms with Crippen LogP contribution in [0.25, 0.3) is 28.4 Å². The van der Waals surface area contributed by atoms with Gasteiger partial charge in [-0.05, 0) is 48.0 Å². The Hall–Kier alpha value is -5.88. The van der Waals surface area contributed by atoms with Crippen molar-refractivity contribution in [3.63, 3.8) is 0 Å². The number of phenolic OH excluding ortho intramolecular Hbond substituents is 3. The Kier molecular flexibility index (Phi) is 15.8. The number of esters is 1. The summed E-state index contributed by atoms with van der Waals surface area (Å²) < 4.78 is 55.8. The third-order valence-electron chi connectivity index (χ3n) is 11.5. The van der Waals surface area contributed by atoms with Gasteiger partial charge in [0.25, 0.3) is 0 Å². The summed E-state index contributed by atoms with van der Waals surface area (Å²) in [5.74, 6) is -3.70. The van der Waals surface area contributed by atoms with Crippen molar-refractivity contribution in [1.82, 2.24) is 0 Å². The molecule has 4 aromatic rings. The van der Waals surface area contributed by atoms with Gasteiger partial charge in [0, 0.05) is 23.8 Å². The molecular formula is C44H50O25. The number of carbonyl (C=O) groups is 1. The van der Waals surface area contributed by atoms with E-state index < -0.39 is 152 Å². The molecule has 25 heteroatoms. The molecule has 3 fully saturated rings. The minimum atomic E-state index is -2.04. The lowest BCUT2D eigenvalue weighted by atomic mass is 9.97. The molecule has 3 saturated heterocycles. The summed E-state index contributed by atoms with van der Waals surface area (Å²) in [5.41, 5.74) is -1.14. The Morgan fingerprint density at radius 3 is 1.84 bits per heavy atom. The van der Waals surface area contributed by atoms with Gasteiger partial charge in [0.15, 0.2) is 29.7 Å². The summed E-state index contributed by atoms with van der Waals surface area (Å²) in [6.07, 6.45) is -25.4. The van der Waals surface area contributed by atoms with Gasteiger partial charge < -0.3 is 113 Å². The fraction of sp³-hybridized carbons (Fsp3) is 0.455. The van der Waals surface area contributed by atoms with Gasteiger partial charge >= 0.3 is 5.97 Å². The molecule has 15 atom stereocenters. The molecule has 0 amide bonds. The standard InChI is InChI=1S/C44H50O25/c1-60-22-9-16(10-23(61-2)29(22)50)3-8-27(49)62-15-26-32(53)35(56)37(58)42(67-26)63-19-11-20(48)28-21(12-19)64-39(17-4-6-18(47)7-5-17)40(33(28)54)68-44-41(36(57)31(52)25(14-46)66-44)69-43-38(59)34(55)30(51)24(13-45)65-43/h3-12,24-26,30-32,34-38,41-48,50-53,55-59H,13-15H2,1-2H3/b8-3-/t24-,25-,26-,30+,31+,32+,34-,35-,36-,37+,38+,41+,42+,43-,44-/m0/s1. The fourth-order valence-electron chi connectivity index (χ4n) is 7.65. The van der Waals surface area contributed by atoms with E-state index in [1.807, 2.05) is 0 Å². The number of benzene rings is 3. The van der Waals surface area contributed by atoms with Crippen LogP contribution in [0, 0.1) is 0 Å². The van der Waals surface area contributed by atoms with Gasteiger partial charge in [-0.25, -0.2) is 4.79 Å². The van der Waals surface area contributed by atoms with E-state index in [0.717, 1.165) is 18.2 Å². The topological polar surface area (TPSA) is 393 Å². The van der Waals surface area contributed by atoms with Crippen molar-refractivity contribution in [2.75, 3.05) is 34.0 Å². The molecule has 4 heterocycles. The number of methoxy groups -OCH3 is 2. The maximum absolute atomic E-state index is 14.5. The van der Waals surface area contributed by atoms with Gasteiger partial charge in [0.1, 0.15) is 102 Å². The number of aliphatic hydroxyl groups is 10. The first-order valence-corrected chi connectivity index (χ1v) is 20.9. The SMILES string of the molecule is COc1cc(/C=C\C(=O)OC[C@@H]2O[C@@H](Oc3cc(O)c4c(=O)c(O[C@@H]5O[C@@H](CO)[C@@H](O)[C@H](O)[C@H]5O[C@@H]5O[C@@H](CO)[C@@H](O)[C@H](O)[C@H]5O)c(-c5ccc(O)cc5)oc4c3)[C@H](O)[C@@H](O)[C@@H]2O)cc(OC)c1O. The summed E-state index contributed by atoms with van der Waals surface area (Å²) in [7, 11) is 2.63. The number of ether oxygens (including phenoxy) is 9. The molecular weight excluding hydrogens is 928 g/mol. The molecule has 0 radical (unpaired) electrons. The number of hydrogen-bond donors (Lipinski definition) is 13. The zero-order chi connectivity index (χ0) is 50.0. The van der Waals surface area contributed by atoms with Gasteiger partial charge in [-0.3, -0.25) is 4.79 Å². The van der Waals surface area contributed by atoms with Gasteiger partial charge in [-0.1, -0.05) is 0 Å². The first-order valence-electron chi connectivity index (χ1n) is 20.9. The summed E-state index contributed by atoms with van der Waals surface area (Å²) in [4.78, 5) is 27.1. The van der Waals surface area contributed by atoms with E-state index in [9.17, 15) is 76.0 Å². The fourth-order valence-corrected chi connectivity index (χ4v) is 7.65. The molecule has 376 valence electrons. The van der Waals surface area contributed by atoms with Gasteiger partial charge in [0.05, 0.1) is 27.4 Å². The molecule has 69 heavy (non-hydrogen) atoms. The number of rotatable bonds is 15. The van der Waals surface area contributed by atoms with Crippen LogP contribution in [-0.2, 0) is 28.5 Å². The van der Waals surface area contributed by atoms with Crippen LogP contribution in [-0.4, -0.2) is 199 Å². The highest BCUT2D eigenvalue weighted by atomic mass is 16.8. The van der Waals surface area contributed by atoms with Crippen molar-refractivity contribution >= 4 is 23.0 Å². The molecule has 0 saturated carbocycles. The molecule has 13 N–H and O–H groups in total. The summed E-state index contributed by atoms with van der Waals surface area (Å²) in [6.45, 7) is -2.46. The number of phenols is 3. The largest absolute Gasteiger partial charge is 0.508 e. The van der Waals surface area contributed by atoms with Crippen molar-refractivity contribution in [2.45, 2.75) is 92.1 Å². The summed E-state index contributed by atoms with van der Waals surface area (Å²) >= 11 is 0. The maximum atomic E-state index is 14.5. The molecule has 1 aromatic heterocycles. The van der Waals surface area contributed by atoms with E-state index in [1.54, 1.807) is 0 Å². The molecule has 25 nitrogen and oxygen atoms in total. The number of carbonyl (C=O) groups excluding carboxylic acids is 1. The third-order valence-corrected chi connectivity index (χ3v) is 11.5. The second-order valence-corrected chi connectivity index (χ2v) is 15.9. The smallest absolute Gasteiger partial charge is 0.330 e. The molecule has 3 aromatic carbocycles. The van der Waals surface area contributed by atoms with Crippen molar-refractivity contribution in [2.24, 2.45) is 0 Å². The van der Waals surface area contributed by atoms with Crippen molar-refractivity contribution in [3.8, 4) is 51.6 Å². The molecule has 0 bridgehead atoms. The first-order chi connectivity index (χ1) is 32.9. The van der Waals surface area contributed by atoms with E-state index >= 15 is 0 Å². The number of aromatic hydroxyl groups is 3. The van der Waals surface area contributed by atoms with Crippen LogP contribution in [0.5, 0.6) is 40.2 Å². The lowest BCUT2D eigenvalue weighted by Crippen LogP contribution is -2.65. The van der Waals surface area contributed by atoms with Crippen LogP contribution in [0.3, 0.4) is 0 Å². The second kappa shape index (κ2) is 21.4. The molecule has 3 aliphatic rings. The molecule has 7 rings (SSSR count). The van der Waals surface area contributed by atoms with E-state index in [2.05, 4.69) is 0 Å². The number of hydrogen-bond acceptors (Lipinski definition) is 25. The first kappa shape index (κ1) is 51.0. The Balaban J connectivity index is 1.16. The maximum Gasteiger partial charge on any atom is 0.330 e. The Morgan fingerprint density at radius 2 is 1.23 bits per heavy atom. The van der Waals surface area contributed by atoms with Crippen molar-refractivity contribution < 1.29 is 118 Å². The quantitative estimate of drug-likeness (QED) is 0.0418. The van der Waals surface area contributed by atoms with Crippen LogP contribution >= 0.6 is 0 Å². The van der Waals surface area contributed by atoms with Crippen molar-refractivity contribution in [1.29, 1.82) is 0 Å². The molecule has 0 spiro atoms. The molecule has 0 aliphatic carbocycles. The highest BCUT2D eigenvalue weighted by molar-refractivity contribution is 5.89. The minimum Gasteiger partial charge on any atom is -0.508 e. The lowest BCUT2D eigenvalue weighted by molar-refractivity contribution is -0.358. The second-order valence-electron chi connectivity index (χ2n) is 15.9. The van der Waals surface area contributed by atoms with Gasteiger partial charge in [-0.2, -0.15) is 0 Å². The van der Waals surface area contributed by atoms with Crippen LogP contribution in [0.1, 0.15) is 5.56 Å². The van der Waals surface area contributed by atoms with Crippen LogP contribution in [0.15, 0.2) is 63.8 Å². The zero-order valence-electron chi connectivity index (χ0n) is 36.3. The van der Waals surface area contributed by atoms with Crippen LogP contribution in [0.4, 0.5) is 0 Å². The summed E-state index contributed by atoms with van der Waals surface area (Å²) in [5, 5.41) is 136. The number of fused-ring (bicyclic) bond motifs is 1. The van der Waals surface area contributed by atoms with E-state index in [-0.39, 0.29) is 34.3 Å². The van der Waals surface area contributed by atoms with Crippen LogP contribution < -0.4 is 24.4 Å². The average molecular weight is 979 g/mol. The molecule has 0 unspecified atom stereocenters. The van der Waals surface area contributed by atoms with E-state index in [1.165, 1.54) is 56.7 Å². The van der Waals surface area contributed by atoms with Gasteiger partial charge in [0.2, 0.25) is 29.5 Å². The monoisotopic (exact) mass is 978 g/mol. The van der Waals surface area contributed by atoms with Crippen molar-refractivity contribution in [3.05, 3.63) is 70.4 Å². The van der Waals surface area contributed by atoms with Crippen LogP contribution in [0.2, 0.25) is 0 Å². The normalized spacial score (nSPS) is 31.6. The predicted octanol–water partition coefficient (Wildman–Crippen LogP) is -2.96. The van der Waals surface area contributed by atoms with E-state index in [4.69, 9.17) is 47.0 Å². The zero-order valence-corrected chi connectivity index (χ0v) is 36.3. The summed E-state index contributed by atoms with van der Waals surface area (Å²) in [6, 6.07) is 9.76. The van der Waals surface area contributed by atoms with E-state index in [0.29, 0.717) is 5.56 Å².